The largest absolute Gasteiger partial charge is 0.323 e. The molecule has 1 aromatic heterocycles. The molecule has 0 aliphatic carbocycles. The van der Waals surface area contributed by atoms with Gasteiger partial charge in [0, 0.05) is 19.8 Å². The first-order valence-corrected chi connectivity index (χ1v) is 4.74. The van der Waals surface area contributed by atoms with Gasteiger partial charge in [0.1, 0.15) is 6.17 Å². The molecule has 2 heterocycles. The van der Waals surface area contributed by atoms with E-state index >= 15 is 0 Å². The van der Waals surface area contributed by atoms with E-state index in [9.17, 15) is 4.79 Å². The van der Waals surface area contributed by atoms with Crippen LogP contribution in [0, 0.1) is 0 Å². The van der Waals surface area contributed by atoms with Gasteiger partial charge in [-0.25, -0.2) is 0 Å². The second kappa shape index (κ2) is 3.42. The summed E-state index contributed by atoms with van der Waals surface area (Å²) < 4.78 is 1.90. The fraction of sp³-hybridized carbons (Fsp3) is 0.556. The van der Waals surface area contributed by atoms with Crippen molar-refractivity contribution in [3.63, 3.8) is 0 Å². The lowest BCUT2D eigenvalue weighted by atomic mass is 10.3. The molecule has 76 valence electrons. The molecule has 0 aromatic carbocycles. The minimum atomic E-state index is -0.0232. The van der Waals surface area contributed by atoms with Gasteiger partial charge in [-0.1, -0.05) is 0 Å². The highest BCUT2D eigenvalue weighted by molar-refractivity contribution is 5.80. The Hall–Kier alpha value is -1.36. The lowest BCUT2D eigenvalue weighted by Gasteiger charge is -2.20. The quantitative estimate of drug-likeness (QED) is 0.719. The maximum atomic E-state index is 11.3. The van der Waals surface area contributed by atoms with E-state index in [0.717, 1.165) is 12.2 Å². The van der Waals surface area contributed by atoms with Crippen molar-refractivity contribution in [1.29, 1.82) is 0 Å². The van der Waals surface area contributed by atoms with Crippen LogP contribution in [0.4, 0.5) is 0 Å². The Balaban J connectivity index is 2.27. The molecule has 1 saturated heterocycles. The van der Waals surface area contributed by atoms with Gasteiger partial charge in [0.25, 0.3) is 0 Å². The first kappa shape index (κ1) is 9.21. The van der Waals surface area contributed by atoms with Crippen LogP contribution < -0.4 is 5.32 Å². The second-order valence-corrected chi connectivity index (χ2v) is 3.36. The summed E-state index contributed by atoms with van der Waals surface area (Å²) in [4.78, 5) is 13.0. The molecule has 5 nitrogen and oxygen atoms in total. The van der Waals surface area contributed by atoms with Gasteiger partial charge in [0.2, 0.25) is 5.91 Å². The highest BCUT2D eigenvalue weighted by atomic mass is 16.2. The average Bonchev–Trinajstić information content (AvgIpc) is 2.75. The van der Waals surface area contributed by atoms with Crippen LogP contribution in [-0.4, -0.2) is 34.2 Å². The van der Waals surface area contributed by atoms with Gasteiger partial charge in [-0.05, 0) is 13.0 Å². The van der Waals surface area contributed by atoms with Crippen LogP contribution in [0.1, 0.15) is 18.8 Å². The van der Waals surface area contributed by atoms with Gasteiger partial charge in [0.15, 0.2) is 0 Å². The number of rotatable bonds is 2. The molecule has 1 atom stereocenters. The molecule has 0 spiro atoms. The standard InChI is InChI=1S/C9H14N4O/c1-3-13-7(4-5-11-13)9-10-6-8(14)12(9)2/h4-5,9-10H,3,6H2,1-2H3. The third kappa shape index (κ3) is 1.29. The van der Waals surface area contributed by atoms with Crippen LogP contribution in [-0.2, 0) is 11.3 Å². The number of nitrogens with one attached hydrogen (secondary N) is 1. The Bertz CT molecular complexity index is 346. The molecule has 5 heteroatoms. The van der Waals surface area contributed by atoms with E-state index < -0.39 is 0 Å². The zero-order valence-electron chi connectivity index (χ0n) is 8.40. The van der Waals surface area contributed by atoms with Gasteiger partial charge < -0.3 is 4.90 Å². The second-order valence-electron chi connectivity index (χ2n) is 3.36. The molecule has 0 bridgehead atoms. The van der Waals surface area contributed by atoms with Crippen LogP contribution in [0.15, 0.2) is 12.3 Å². The number of amides is 1. The molecule has 1 amide bonds. The monoisotopic (exact) mass is 194 g/mol. The molecule has 1 aliphatic rings. The zero-order valence-corrected chi connectivity index (χ0v) is 8.40. The van der Waals surface area contributed by atoms with Gasteiger partial charge >= 0.3 is 0 Å². The zero-order chi connectivity index (χ0) is 10.1. The fourth-order valence-corrected chi connectivity index (χ4v) is 1.73. The van der Waals surface area contributed by atoms with E-state index in [0.29, 0.717) is 6.54 Å². The first-order valence-electron chi connectivity index (χ1n) is 4.74. The van der Waals surface area contributed by atoms with Crippen LogP contribution in [0.2, 0.25) is 0 Å². The molecule has 0 saturated carbocycles. The van der Waals surface area contributed by atoms with Crippen molar-refractivity contribution in [2.75, 3.05) is 13.6 Å². The van der Waals surface area contributed by atoms with Crippen LogP contribution in [0.3, 0.4) is 0 Å². The molecule has 1 fully saturated rings. The van der Waals surface area contributed by atoms with E-state index in [2.05, 4.69) is 10.4 Å². The molecular formula is C9H14N4O. The average molecular weight is 194 g/mol. The predicted octanol–water partition coefficient (Wildman–Crippen LogP) is -0.0368. The third-order valence-electron chi connectivity index (χ3n) is 2.56. The minimum Gasteiger partial charge on any atom is -0.323 e. The number of hydrogen-bond donors (Lipinski definition) is 1. The van der Waals surface area contributed by atoms with Gasteiger partial charge in [0.05, 0.1) is 12.2 Å². The summed E-state index contributed by atoms with van der Waals surface area (Å²) >= 11 is 0. The Morgan fingerprint density at radius 1 is 1.71 bits per heavy atom. The Morgan fingerprint density at radius 2 is 2.50 bits per heavy atom. The lowest BCUT2D eigenvalue weighted by Crippen LogP contribution is -2.28. The summed E-state index contributed by atoms with van der Waals surface area (Å²) in [5.74, 6) is 0.124. The van der Waals surface area contributed by atoms with Crippen molar-refractivity contribution < 1.29 is 4.79 Å². The van der Waals surface area contributed by atoms with Crippen molar-refractivity contribution in [2.24, 2.45) is 0 Å². The normalized spacial score (nSPS) is 22.0. The predicted molar refractivity (Wildman–Crippen MR) is 51.4 cm³/mol. The first-order chi connectivity index (χ1) is 6.74. The van der Waals surface area contributed by atoms with Crippen molar-refractivity contribution >= 4 is 5.91 Å². The van der Waals surface area contributed by atoms with Crippen LogP contribution >= 0.6 is 0 Å². The summed E-state index contributed by atoms with van der Waals surface area (Å²) in [6.45, 7) is 3.27. The van der Waals surface area contributed by atoms with Gasteiger partial charge in [-0.3, -0.25) is 14.8 Å². The highest BCUT2D eigenvalue weighted by Gasteiger charge is 2.30. The van der Waals surface area contributed by atoms with Crippen LogP contribution in [0.25, 0.3) is 0 Å². The maximum Gasteiger partial charge on any atom is 0.237 e. The minimum absolute atomic E-state index is 0.0232. The molecular weight excluding hydrogens is 180 g/mol. The maximum absolute atomic E-state index is 11.3. The van der Waals surface area contributed by atoms with E-state index in [1.807, 2.05) is 17.7 Å². The number of aromatic nitrogens is 2. The molecule has 0 radical (unpaired) electrons. The van der Waals surface area contributed by atoms with Gasteiger partial charge in [-0.15, -0.1) is 0 Å². The van der Waals surface area contributed by atoms with Crippen molar-refractivity contribution in [3.05, 3.63) is 18.0 Å². The Kier molecular flexibility index (Phi) is 2.25. The number of aryl methyl sites for hydroxylation is 1. The molecule has 2 rings (SSSR count). The van der Waals surface area contributed by atoms with E-state index in [4.69, 9.17) is 0 Å². The van der Waals surface area contributed by atoms with Crippen molar-refractivity contribution in [1.82, 2.24) is 20.0 Å². The number of likely N-dealkylation sites (N-methyl/N-ethyl adjacent to an activating group) is 1. The summed E-state index contributed by atoms with van der Waals surface area (Å²) in [7, 11) is 1.81. The SMILES string of the molecule is CCn1nccc1C1NCC(=O)N1C. The highest BCUT2D eigenvalue weighted by Crippen LogP contribution is 2.19. The van der Waals surface area contributed by atoms with E-state index in [1.54, 1.807) is 18.1 Å². The molecule has 1 N–H and O–H groups in total. The Morgan fingerprint density at radius 3 is 3.07 bits per heavy atom. The smallest absolute Gasteiger partial charge is 0.237 e. The van der Waals surface area contributed by atoms with Crippen molar-refractivity contribution in [2.45, 2.75) is 19.6 Å². The van der Waals surface area contributed by atoms with Gasteiger partial charge in [-0.2, -0.15) is 5.10 Å². The van der Waals surface area contributed by atoms with E-state index in [-0.39, 0.29) is 12.1 Å². The summed E-state index contributed by atoms with van der Waals surface area (Å²) in [5, 5.41) is 7.33. The number of carbonyl (C=O) groups excluding carboxylic acids is 1. The summed E-state index contributed by atoms with van der Waals surface area (Å²) in [6.07, 6.45) is 1.74. The lowest BCUT2D eigenvalue weighted by molar-refractivity contribution is -0.126. The number of hydrogen-bond acceptors (Lipinski definition) is 3. The summed E-state index contributed by atoms with van der Waals surface area (Å²) in [6, 6.07) is 1.94. The number of carbonyl (C=O) groups is 1. The molecule has 1 aliphatic heterocycles. The summed E-state index contributed by atoms with van der Waals surface area (Å²) in [5.41, 5.74) is 1.04. The molecule has 1 unspecified atom stereocenters. The number of nitrogens with zero attached hydrogens (tertiary/aromatic N) is 3. The topological polar surface area (TPSA) is 50.2 Å². The third-order valence-corrected chi connectivity index (χ3v) is 2.56. The molecule has 1 aromatic rings. The molecule has 14 heavy (non-hydrogen) atoms. The fourth-order valence-electron chi connectivity index (χ4n) is 1.73. The Labute approximate surface area is 82.7 Å². The van der Waals surface area contributed by atoms with Crippen LogP contribution in [0.5, 0.6) is 0 Å². The van der Waals surface area contributed by atoms with Crippen molar-refractivity contribution in [3.8, 4) is 0 Å². The van der Waals surface area contributed by atoms with E-state index in [1.165, 1.54) is 0 Å².